The summed E-state index contributed by atoms with van der Waals surface area (Å²) >= 11 is 6.34. The fourth-order valence-electron chi connectivity index (χ4n) is 4.40. The summed E-state index contributed by atoms with van der Waals surface area (Å²) in [5.41, 5.74) is 2.18. The third-order valence-electron chi connectivity index (χ3n) is 5.88. The standard InChI is InChI=1S/C20H20ClN3O3/c21-13-7-4-8-14-16(13)19(25)23-10-9-15(23)18-17(22-11-24(14)18)20(26)27-12-5-2-1-3-6-12/h4,7-8,11-12,15H,1-3,5-6,9-10H2/t15-/m0/s1. The number of ether oxygens (including phenoxy) is 1. The van der Waals surface area contributed by atoms with Crippen molar-refractivity contribution in [2.45, 2.75) is 50.7 Å². The van der Waals surface area contributed by atoms with E-state index in [4.69, 9.17) is 16.3 Å². The van der Waals surface area contributed by atoms with Crippen molar-refractivity contribution in [3.8, 4) is 5.69 Å². The van der Waals surface area contributed by atoms with Gasteiger partial charge in [0.25, 0.3) is 5.91 Å². The van der Waals surface area contributed by atoms with Crippen LogP contribution in [-0.4, -0.2) is 39.0 Å². The number of esters is 1. The highest BCUT2D eigenvalue weighted by molar-refractivity contribution is 6.34. The maximum absolute atomic E-state index is 13.0. The molecule has 2 fully saturated rings. The van der Waals surface area contributed by atoms with Gasteiger partial charge in [0.1, 0.15) is 12.4 Å². The van der Waals surface area contributed by atoms with E-state index in [1.54, 1.807) is 23.4 Å². The molecule has 1 aliphatic carbocycles. The molecule has 1 aromatic carbocycles. The van der Waals surface area contributed by atoms with E-state index in [9.17, 15) is 9.59 Å². The number of hydrogen-bond acceptors (Lipinski definition) is 4. The fourth-order valence-corrected chi connectivity index (χ4v) is 4.65. The molecular weight excluding hydrogens is 366 g/mol. The van der Waals surface area contributed by atoms with Crippen LogP contribution in [0.2, 0.25) is 5.02 Å². The molecule has 1 aromatic heterocycles. The molecular formula is C20H20ClN3O3. The molecule has 2 aliphatic heterocycles. The van der Waals surface area contributed by atoms with Gasteiger partial charge in [-0.1, -0.05) is 24.1 Å². The Morgan fingerprint density at radius 1 is 1.19 bits per heavy atom. The molecule has 6 nitrogen and oxygen atoms in total. The van der Waals surface area contributed by atoms with Crippen LogP contribution in [0.25, 0.3) is 5.69 Å². The van der Waals surface area contributed by atoms with Crippen molar-refractivity contribution < 1.29 is 14.3 Å². The Balaban J connectivity index is 1.57. The summed E-state index contributed by atoms with van der Waals surface area (Å²) in [5.74, 6) is -0.484. The lowest BCUT2D eigenvalue weighted by Crippen LogP contribution is -2.45. The van der Waals surface area contributed by atoms with Crippen LogP contribution in [0.15, 0.2) is 24.5 Å². The van der Waals surface area contributed by atoms with Crippen LogP contribution in [0.1, 0.15) is 71.1 Å². The molecule has 0 spiro atoms. The molecule has 0 N–H and O–H groups in total. The molecule has 1 atom stereocenters. The van der Waals surface area contributed by atoms with Crippen LogP contribution in [0.5, 0.6) is 0 Å². The van der Waals surface area contributed by atoms with Crippen molar-refractivity contribution in [3.05, 3.63) is 46.5 Å². The van der Waals surface area contributed by atoms with Gasteiger partial charge >= 0.3 is 5.97 Å². The van der Waals surface area contributed by atoms with Gasteiger partial charge in [-0.3, -0.25) is 9.36 Å². The second-order valence-electron chi connectivity index (χ2n) is 7.45. The molecule has 1 amide bonds. The molecule has 0 unspecified atom stereocenters. The van der Waals surface area contributed by atoms with E-state index in [0.717, 1.165) is 37.8 Å². The predicted molar refractivity (Wildman–Crippen MR) is 99.3 cm³/mol. The fraction of sp³-hybridized carbons (Fsp3) is 0.450. The third kappa shape index (κ3) is 2.57. The average molecular weight is 386 g/mol. The topological polar surface area (TPSA) is 64.4 Å². The number of imidazole rings is 1. The summed E-state index contributed by atoms with van der Waals surface area (Å²) in [5, 5.41) is 0.413. The first-order valence-corrected chi connectivity index (χ1v) is 9.91. The number of benzene rings is 1. The first kappa shape index (κ1) is 16.8. The number of halogens is 1. The van der Waals surface area contributed by atoms with Crippen LogP contribution in [-0.2, 0) is 4.74 Å². The zero-order chi connectivity index (χ0) is 18.5. The highest BCUT2D eigenvalue weighted by Crippen LogP contribution is 2.42. The van der Waals surface area contributed by atoms with Crippen molar-refractivity contribution in [3.63, 3.8) is 0 Å². The van der Waals surface area contributed by atoms with Gasteiger partial charge in [-0.05, 0) is 44.2 Å². The highest BCUT2D eigenvalue weighted by atomic mass is 35.5. The Kier molecular flexibility index (Phi) is 3.97. The second kappa shape index (κ2) is 6.37. The van der Waals surface area contributed by atoms with Crippen molar-refractivity contribution in [2.24, 2.45) is 0 Å². The van der Waals surface area contributed by atoms with Crippen LogP contribution in [0.4, 0.5) is 0 Å². The average Bonchev–Trinajstić information content (AvgIpc) is 3.03. The number of rotatable bonds is 2. The first-order valence-electron chi connectivity index (χ1n) is 9.53. The van der Waals surface area contributed by atoms with Crippen molar-refractivity contribution in [1.82, 2.24) is 14.5 Å². The minimum Gasteiger partial charge on any atom is -0.458 e. The number of amides is 1. The zero-order valence-corrected chi connectivity index (χ0v) is 15.6. The van der Waals surface area contributed by atoms with E-state index in [0.29, 0.717) is 28.5 Å². The van der Waals surface area contributed by atoms with Crippen molar-refractivity contribution in [1.29, 1.82) is 0 Å². The second-order valence-corrected chi connectivity index (χ2v) is 7.86. The molecule has 1 saturated heterocycles. The van der Waals surface area contributed by atoms with Gasteiger partial charge < -0.3 is 9.64 Å². The smallest absolute Gasteiger partial charge is 0.359 e. The number of carbonyl (C=O) groups is 2. The highest BCUT2D eigenvalue weighted by Gasteiger charge is 2.43. The number of hydrogen-bond donors (Lipinski definition) is 0. The maximum Gasteiger partial charge on any atom is 0.359 e. The summed E-state index contributed by atoms with van der Waals surface area (Å²) in [6.45, 7) is 0.649. The Hall–Kier alpha value is -2.34. The van der Waals surface area contributed by atoms with Gasteiger partial charge in [0.15, 0.2) is 5.69 Å². The van der Waals surface area contributed by atoms with E-state index in [1.165, 1.54) is 6.42 Å². The summed E-state index contributed by atoms with van der Waals surface area (Å²) in [4.78, 5) is 32.0. The molecule has 140 valence electrons. The minimum absolute atomic E-state index is 0.0322. The number of fused-ring (bicyclic) bond motifs is 5. The SMILES string of the molecule is O=C(OC1CCCCC1)c1ncn2c1[C@@H]1CCN1C(=O)c1c(Cl)cccc1-2. The van der Waals surface area contributed by atoms with E-state index >= 15 is 0 Å². The predicted octanol–water partition coefficient (Wildman–Crippen LogP) is 3.92. The molecule has 5 rings (SSSR count). The van der Waals surface area contributed by atoms with Gasteiger partial charge in [-0.15, -0.1) is 0 Å². The lowest BCUT2D eigenvalue weighted by molar-refractivity contribution is 0.0192. The van der Waals surface area contributed by atoms with Crippen LogP contribution in [0.3, 0.4) is 0 Å². The van der Waals surface area contributed by atoms with Gasteiger partial charge in [0.05, 0.1) is 28.0 Å². The first-order chi connectivity index (χ1) is 13.1. The van der Waals surface area contributed by atoms with E-state index in [-0.39, 0.29) is 24.0 Å². The van der Waals surface area contributed by atoms with Crippen molar-refractivity contribution in [2.75, 3.05) is 6.54 Å². The Morgan fingerprint density at radius 2 is 2.00 bits per heavy atom. The zero-order valence-electron chi connectivity index (χ0n) is 14.9. The molecule has 2 aromatic rings. The minimum atomic E-state index is -0.388. The molecule has 27 heavy (non-hydrogen) atoms. The molecule has 3 aliphatic rings. The maximum atomic E-state index is 13.0. The van der Waals surface area contributed by atoms with E-state index < -0.39 is 0 Å². The van der Waals surface area contributed by atoms with Crippen LogP contribution >= 0.6 is 11.6 Å². The van der Waals surface area contributed by atoms with Gasteiger partial charge in [-0.25, -0.2) is 9.78 Å². The quantitative estimate of drug-likeness (QED) is 0.735. The summed E-state index contributed by atoms with van der Waals surface area (Å²) < 4.78 is 7.58. The molecule has 0 bridgehead atoms. The monoisotopic (exact) mass is 385 g/mol. The number of nitrogens with zero attached hydrogens (tertiary/aromatic N) is 3. The third-order valence-corrected chi connectivity index (χ3v) is 6.20. The Labute approximate surface area is 162 Å². The van der Waals surface area contributed by atoms with E-state index in [1.807, 2.05) is 10.6 Å². The Bertz CT molecular complexity index is 933. The van der Waals surface area contributed by atoms with E-state index in [2.05, 4.69) is 4.98 Å². The van der Waals surface area contributed by atoms with Gasteiger partial charge in [-0.2, -0.15) is 0 Å². The largest absolute Gasteiger partial charge is 0.458 e. The van der Waals surface area contributed by atoms with Crippen LogP contribution in [0, 0.1) is 0 Å². The number of aromatic nitrogens is 2. The molecule has 1 saturated carbocycles. The van der Waals surface area contributed by atoms with Gasteiger partial charge in [0, 0.05) is 6.54 Å². The lowest BCUT2D eigenvalue weighted by atomic mass is 9.97. The normalized spacial score (nSPS) is 21.6. The molecule has 0 radical (unpaired) electrons. The molecule has 7 heteroatoms. The van der Waals surface area contributed by atoms with Gasteiger partial charge in [0.2, 0.25) is 0 Å². The summed E-state index contributed by atoms with van der Waals surface area (Å²) in [6.07, 6.45) is 7.58. The summed E-state index contributed by atoms with van der Waals surface area (Å²) in [6, 6.07) is 5.19. The molecule has 3 heterocycles. The Morgan fingerprint density at radius 3 is 2.74 bits per heavy atom. The lowest BCUT2D eigenvalue weighted by Gasteiger charge is -2.39. The van der Waals surface area contributed by atoms with Crippen molar-refractivity contribution >= 4 is 23.5 Å². The van der Waals surface area contributed by atoms with Crippen LogP contribution < -0.4 is 0 Å². The number of carbonyl (C=O) groups excluding carboxylic acids is 2. The summed E-state index contributed by atoms with van der Waals surface area (Å²) in [7, 11) is 0.